The summed E-state index contributed by atoms with van der Waals surface area (Å²) in [6.07, 6.45) is 7.60. The molecule has 29 heavy (non-hydrogen) atoms. The van der Waals surface area contributed by atoms with Gasteiger partial charge in [0, 0.05) is 43.0 Å². The fraction of sp³-hybridized carbons (Fsp3) is 0.409. The van der Waals surface area contributed by atoms with Gasteiger partial charge in [-0.05, 0) is 37.6 Å². The SMILES string of the molecule is CCc1ncc(CN2CCCC2c2cc(CCOc3ccccc3F)[nH]n2)cn1. The van der Waals surface area contributed by atoms with Gasteiger partial charge in [0.1, 0.15) is 5.82 Å². The number of nitrogens with one attached hydrogen (secondary N) is 1. The van der Waals surface area contributed by atoms with Gasteiger partial charge in [-0.15, -0.1) is 0 Å². The van der Waals surface area contributed by atoms with Crippen molar-refractivity contribution in [2.75, 3.05) is 13.2 Å². The Hall–Kier alpha value is -2.80. The number of nitrogens with zero attached hydrogens (tertiary/aromatic N) is 4. The van der Waals surface area contributed by atoms with Gasteiger partial charge < -0.3 is 4.74 Å². The molecule has 7 heteroatoms. The molecule has 1 unspecified atom stereocenters. The lowest BCUT2D eigenvalue weighted by Crippen LogP contribution is -2.23. The van der Waals surface area contributed by atoms with Crippen LogP contribution in [0.3, 0.4) is 0 Å². The Balaban J connectivity index is 1.34. The zero-order valence-corrected chi connectivity index (χ0v) is 16.6. The first-order chi connectivity index (χ1) is 14.2. The van der Waals surface area contributed by atoms with Crippen molar-refractivity contribution < 1.29 is 9.13 Å². The van der Waals surface area contributed by atoms with Crippen LogP contribution in [0.5, 0.6) is 5.75 Å². The number of hydrogen-bond acceptors (Lipinski definition) is 5. The lowest BCUT2D eigenvalue weighted by Gasteiger charge is -2.22. The Morgan fingerprint density at radius 2 is 2.07 bits per heavy atom. The molecule has 1 N–H and O–H groups in total. The molecule has 1 aliphatic rings. The molecule has 0 bridgehead atoms. The summed E-state index contributed by atoms with van der Waals surface area (Å²) in [5.74, 6) is 0.821. The fourth-order valence-corrected chi connectivity index (χ4v) is 3.74. The number of aromatic nitrogens is 4. The maximum atomic E-state index is 13.6. The van der Waals surface area contributed by atoms with Crippen molar-refractivity contribution >= 4 is 0 Å². The van der Waals surface area contributed by atoms with E-state index in [-0.39, 0.29) is 11.6 Å². The molecule has 1 saturated heterocycles. The molecule has 3 aromatic rings. The van der Waals surface area contributed by atoms with Crippen molar-refractivity contribution in [3.8, 4) is 5.75 Å². The van der Waals surface area contributed by atoms with E-state index >= 15 is 0 Å². The molecule has 1 fully saturated rings. The summed E-state index contributed by atoms with van der Waals surface area (Å²) in [4.78, 5) is 11.2. The quantitative estimate of drug-likeness (QED) is 0.627. The smallest absolute Gasteiger partial charge is 0.165 e. The molecule has 0 radical (unpaired) electrons. The maximum absolute atomic E-state index is 13.6. The van der Waals surface area contributed by atoms with Gasteiger partial charge in [-0.2, -0.15) is 5.10 Å². The summed E-state index contributed by atoms with van der Waals surface area (Å²) in [6, 6.07) is 8.85. The van der Waals surface area contributed by atoms with Crippen molar-refractivity contribution in [1.29, 1.82) is 0 Å². The van der Waals surface area contributed by atoms with Gasteiger partial charge in [0.2, 0.25) is 0 Å². The Kier molecular flexibility index (Phi) is 6.14. The molecule has 3 heterocycles. The monoisotopic (exact) mass is 395 g/mol. The Labute approximate surface area is 170 Å². The number of hydrogen-bond donors (Lipinski definition) is 1. The average Bonchev–Trinajstić information content (AvgIpc) is 3.39. The second-order valence-electron chi connectivity index (χ2n) is 7.34. The first kappa shape index (κ1) is 19.5. The van der Waals surface area contributed by atoms with E-state index in [0.717, 1.165) is 55.1 Å². The van der Waals surface area contributed by atoms with Crippen LogP contribution in [0.1, 0.15) is 48.6 Å². The highest BCUT2D eigenvalue weighted by Gasteiger charge is 2.28. The topological polar surface area (TPSA) is 66.9 Å². The minimum atomic E-state index is -0.338. The molecule has 1 aliphatic heterocycles. The minimum absolute atomic E-state index is 0.283. The highest BCUT2D eigenvalue weighted by Crippen LogP contribution is 2.32. The zero-order chi connectivity index (χ0) is 20.1. The molecule has 1 aromatic carbocycles. The highest BCUT2D eigenvalue weighted by atomic mass is 19.1. The van der Waals surface area contributed by atoms with Gasteiger partial charge in [0.05, 0.1) is 18.3 Å². The average molecular weight is 395 g/mol. The van der Waals surface area contributed by atoms with Gasteiger partial charge in [0.15, 0.2) is 11.6 Å². The Morgan fingerprint density at radius 3 is 2.86 bits per heavy atom. The molecule has 6 nitrogen and oxygen atoms in total. The van der Waals surface area contributed by atoms with Crippen LogP contribution in [0.4, 0.5) is 4.39 Å². The van der Waals surface area contributed by atoms with E-state index in [4.69, 9.17) is 4.74 Å². The lowest BCUT2D eigenvalue weighted by molar-refractivity contribution is 0.243. The van der Waals surface area contributed by atoms with Crippen LogP contribution in [-0.4, -0.2) is 38.2 Å². The van der Waals surface area contributed by atoms with Crippen LogP contribution in [0.15, 0.2) is 42.7 Å². The van der Waals surface area contributed by atoms with Crippen molar-refractivity contribution in [3.63, 3.8) is 0 Å². The first-order valence-electron chi connectivity index (χ1n) is 10.2. The predicted molar refractivity (Wildman–Crippen MR) is 108 cm³/mol. The zero-order valence-electron chi connectivity index (χ0n) is 16.6. The van der Waals surface area contributed by atoms with Crippen LogP contribution in [-0.2, 0) is 19.4 Å². The predicted octanol–water partition coefficient (Wildman–Crippen LogP) is 3.86. The number of para-hydroxylation sites is 1. The third-order valence-electron chi connectivity index (χ3n) is 5.28. The van der Waals surface area contributed by atoms with E-state index in [9.17, 15) is 4.39 Å². The van der Waals surface area contributed by atoms with Gasteiger partial charge in [-0.3, -0.25) is 10.00 Å². The van der Waals surface area contributed by atoms with Gasteiger partial charge in [0.25, 0.3) is 0 Å². The van der Waals surface area contributed by atoms with Gasteiger partial charge >= 0.3 is 0 Å². The maximum Gasteiger partial charge on any atom is 0.165 e. The summed E-state index contributed by atoms with van der Waals surface area (Å²) in [5.41, 5.74) is 3.18. The highest BCUT2D eigenvalue weighted by molar-refractivity contribution is 5.23. The molecule has 2 aromatic heterocycles. The van der Waals surface area contributed by atoms with E-state index in [2.05, 4.69) is 38.1 Å². The second-order valence-corrected chi connectivity index (χ2v) is 7.34. The molecule has 1 atom stereocenters. The Bertz CT molecular complexity index is 927. The molecule has 0 aliphatic carbocycles. The third-order valence-corrected chi connectivity index (χ3v) is 5.28. The number of likely N-dealkylation sites (tertiary alicyclic amines) is 1. The number of H-pyrrole nitrogens is 1. The summed E-state index contributed by atoms with van der Waals surface area (Å²) in [6.45, 7) is 4.33. The number of ether oxygens (including phenoxy) is 1. The summed E-state index contributed by atoms with van der Waals surface area (Å²) in [5, 5.41) is 7.64. The van der Waals surface area contributed by atoms with E-state index in [0.29, 0.717) is 19.1 Å². The van der Waals surface area contributed by atoms with Crippen molar-refractivity contribution in [3.05, 3.63) is 71.3 Å². The van der Waals surface area contributed by atoms with Crippen LogP contribution >= 0.6 is 0 Å². The molecular weight excluding hydrogens is 369 g/mol. The van der Waals surface area contributed by atoms with Crippen LogP contribution in [0, 0.1) is 5.82 Å². The normalized spacial score (nSPS) is 17.0. The second kappa shape index (κ2) is 9.13. The largest absolute Gasteiger partial charge is 0.490 e. The molecule has 152 valence electrons. The van der Waals surface area contributed by atoms with E-state index in [1.54, 1.807) is 18.2 Å². The lowest BCUT2D eigenvalue weighted by atomic mass is 10.1. The summed E-state index contributed by atoms with van der Waals surface area (Å²) < 4.78 is 19.2. The van der Waals surface area contributed by atoms with Crippen LogP contribution < -0.4 is 4.74 Å². The molecule has 0 amide bonds. The van der Waals surface area contributed by atoms with Gasteiger partial charge in [-0.25, -0.2) is 14.4 Å². The first-order valence-corrected chi connectivity index (χ1v) is 10.2. The van der Waals surface area contributed by atoms with E-state index < -0.39 is 0 Å². The number of benzene rings is 1. The van der Waals surface area contributed by atoms with Gasteiger partial charge in [-0.1, -0.05) is 19.1 Å². The molecular formula is C22H26FN5O. The van der Waals surface area contributed by atoms with Crippen molar-refractivity contribution in [2.24, 2.45) is 0 Å². The number of halogens is 1. The van der Waals surface area contributed by atoms with Crippen LogP contribution in [0.2, 0.25) is 0 Å². The number of rotatable bonds is 8. The van der Waals surface area contributed by atoms with E-state index in [1.165, 1.54) is 6.07 Å². The van der Waals surface area contributed by atoms with E-state index in [1.807, 2.05) is 12.4 Å². The molecule has 0 spiro atoms. The summed E-state index contributed by atoms with van der Waals surface area (Å²) >= 11 is 0. The Morgan fingerprint density at radius 1 is 1.24 bits per heavy atom. The van der Waals surface area contributed by atoms with Crippen LogP contribution in [0.25, 0.3) is 0 Å². The number of aryl methyl sites for hydroxylation is 1. The molecule has 4 rings (SSSR count). The number of aromatic amines is 1. The third kappa shape index (κ3) is 4.79. The van der Waals surface area contributed by atoms with Crippen molar-refractivity contribution in [2.45, 2.75) is 45.2 Å². The standard InChI is InChI=1S/C22H26FN5O/c1-2-22-24-13-16(14-25-22)15-28-10-5-7-20(28)19-12-17(26-27-19)9-11-29-21-8-4-3-6-18(21)23/h3-4,6,8,12-14,20H,2,5,7,9-11,15H2,1H3,(H,26,27). The summed E-state index contributed by atoms with van der Waals surface area (Å²) in [7, 11) is 0. The molecule has 0 saturated carbocycles. The minimum Gasteiger partial charge on any atom is -0.490 e. The van der Waals surface area contributed by atoms with Crippen molar-refractivity contribution in [1.82, 2.24) is 25.1 Å². The fourth-order valence-electron chi connectivity index (χ4n) is 3.74.